The highest BCUT2D eigenvalue weighted by molar-refractivity contribution is 7.17. The van der Waals surface area contributed by atoms with E-state index in [4.69, 9.17) is 0 Å². The Bertz CT molecular complexity index is 946. The maximum atomic E-state index is 13.5. The molecule has 1 N–H and O–H groups in total. The van der Waals surface area contributed by atoms with E-state index in [9.17, 15) is 19.7 Å². The molecule has 2 aromatic rings. The lowest BCUT2D eigenvalue weighted by Gasteiger charge is -2.22. The average molecular weight is 444 g/mol. The molecule has 0 fully saturated rings. The largest absolute Gasteiger partial charge is 0.339 e. The van der Waals surface area contributed by atoms with Crippen LogP contribution in [0, 0.1) is 10.1 Å². The molecule has 0 atom stereocenters. The fourth-order valence-corrected chi connectivity index (χ4v) is 5.26. The highest BCUT2D eigenvalue weighted by Gasteiger charge is 2.28. The zero-order valence-corrected chi connectivity index (χ0v) is 18.9. The van der Waals surface area contributed by atoms with Gasteiger partial charge in [0, 0.05) is 35.7 Å². The Hall–Kier alpha value is -2.74. The van der Waals surface area contributed by atoms with Crippen LogP contribution in [0.3, 0.4) is 0 Å². The van der Waals surface area contributed by atoms with Crippen LogP contribution >= 0.6 is 11.3 Å². The highest BCUT2D eigenvalue weighted by Crippen LogP contribution is 2.38. The number of carbonyl (C=O) groups is 2. The van der Waals surface area contributed by atoms with Gasteiger partial charge in [0.05, 0.1) is 10.5 Å². The number of thiophene rings is 1. The fraction of sp³-hybridized carbons (Fsp3) is 0.478. The van der Waals surface area contributed by atoms with E-state index in [0.717, 1.165) is 50.5 Å². The lowest BCUT2D eigenvalue weighted by molar-refractivity contribution is -0.384. The van der Waals surface area contributed by atoms with Crippen molar-refractivity contribution in [1.82, 2.24) is 4.90 Å². The smallest absolute Gasteiger partial charge is 0.269 e. The summed E-state index contributed by atoms with van der Waals surface area (Å²) in [5.74, 6) is -0.375. The topological polar surface area (TPSA) is 92.6 Å². The molecule has 0 bridgehead atoms. The SMILES string of the molecule is CCCN(CCC)C(=O)c1c(NC(=O)c2ccc([N+](=O)[O-])cc2)sc2c1CCCCC2. The average Bonchev–Trinajstić information content (AvgIpc) is 2.93. The number of carbonyl (C=O) groups excluding carboxylic acids is 2. The van der Waals surface area contributed by atoms with Crippen LogP contribution in [0.2, 0.25) is 0 Å². The van der Waals surface area contributed by atoms with E-state index >= 15 is 0 Å². The molecule has 1 heterocycles. The number of nitrogens with one attached hydrogen (secondary N) is 1. The molecule has 166 valence electrons. The third-order valence-corrected chi connectivity index (χ3v) is 6.68. The summed E-state index contributed by atoms with van der Waals surface area (Å²) in [6, 6.07) is 5.51. The first-order valence-corrected chi connectivity index (χ1v) is 11.8. The molecule has 0 aliphatic heterocycles. The van der Waals surface area contributed by atoms with E-state index < -0.39 is 4.92 Å². The van der Waals surface area contributed by atoms with Gasteiger partial charge < -0.3 is 10.2 Å². The molecule has 8 heteroatoms. The number of nitrogens with zero attached hydrogens (tertiary/aromatic N) is 2. The van der Waals surface area contributed by atoms with Crippen molar-refractivity contribution in [3.63, 3.8) is 0 Å². The van der Waals surface area contributed by atoms with E-state index in [-0.39, 0.29) is 17.5 Å². The van der Waals surface area contributed by atoms with Gasteiger partial charge in [0.1, 0.15) is 5.00 Å². The van der Waals surface area contributed by atoms with Crippen LogP contribution in [0.4, 0.5) is 10.7 Å². The number of benzene rings is 1. The van der Waals surface area contributed by atoms with Gasteiger partial charge in [-0.05, 0) is 56.2 Å². The first-order chi connectivity index (χ1) is 15.0. The van der Waals surface area contributed by atoms with Crippen LogP contribution in [0.1, 0.15) is 77.1 Å². The number of non-ortho nitro benzene ring substituents is 1. The predicted octanol–water partition coefficient (Wildman–Crippen LogP) is 5.44. The molecule has 0 saturated carbocycles. The molecule has 31 heavy (non-hydrogen) atoms. The minimum absolute atomic E-state index is 0.0119. The lowest BCUT2D eigenvalue weighted by atomic mass is 10.0. The van der Waals surface area contributed by atoms with Crippen molar-refractivity contribution in [2.45, 2.75) is 58.8 Å². The standard InChI is InChI=1S/C23H29N3O4S/c1-3-14-25(15-4-2)23(28)20-18-8-6-5-7-9-19(18)31-22(20)24-21(27)16-10-12-17(13-11-16)26(29)30/h10-13H,3-9,14-15H2,1-2H3,(H,24,27). The number of hydrogen-bond acceptors (Lipinski definition) is 5. The Kier molecular flexibility index (Phi) is 7.79. The quantitative estimate of drug-likeness (QED) is 0.334. The zero-order valence-electron chi connectivity index (χ0n) is 18.1. The van der Waals surface area contributed by atoms with Crippen molar-refractivity contribution in [2.24, 2.45) is 0 Å². The summed E-state index contributed by atoms with van der Waals surface area (Å²) in [4.78, 5) is 39.9. The van der Waals surface area contributed by atoms with Gasteiger partial charge in [-0.3, -0.25) is 19.7 Å². The number of fused-ring (bicyclic) bond motifs is 1. The molecule has 0 saturated heterocycles. The van der Waals surface area contributed by atoms with Gasteiger partial charge in [-0.25, -0.2) is 0 Å². The van der Waals surface area contributed by atoms with Gasteiger partial charge in [-0.1, -0.05) is 20.3 Å². The fourth-order valence-electron chi connectivity index (χ4n) is 3.98. The van der Waals surface area contributed by atoms with Gasteiger partial charge in [-0.15, -0.1) is 11.3 Å². The number of hydrogen-bond donors (Lipinski definition) is 1. The molecule has 0 spiro atoms. The Morgan fingerprint density at radius 3 is 2.32 bits per heavy atom. The summed E-state index contributed by atoms with van der Waals surface area (Å²) >= 11 is 1.50. The van der Waals surface area contributed by atoms with Crippen LogP contribution in [0.5, 0.6) is 0 Å². The van der Waals surface area contributed by atoms with Gasteiger partial charge in [0.2, 0.25) is 0 Å². The maximum Gasteiger partial charge on any atom is 0.269 e. The summed E-state index contributed by atoms with van der Waals surface area (Å²) in [5, 5.41) is 14.4. The molecule has 1 aromatic heterocycles. The van der Waals surface area contributed by atoms with Crippen molar-refractivity contribution in [3.05, 3.63) is 55.9 Å². The summed E-state index contributed by atoms with van der Waals surface area (Å²) in [7, 11) is 0. The third kappa shape index (κ3) is 5.31. The molecule has 0 radical (unpaired) electrons. The van der Waals surface area contributed by atoms with Gasteiger partial charge >= 0.3 is 0 Å². The van der Waals surface area contributed by atoms with Crippen molar-refractivity contribution >= 4 is 33.8 Å². The number of nitro groups is 1. The number of anilines is 1. The molecule has 7 nitrogen and oxygen atoms in total. The van der Waals surface area contributed by atoms with Crippen LogP contribution in [-0.2, 0) is 12.8 Å². The van der Waals surface area contributed by atoms with E-state index in [0.29, 0.717) is 29.2 Å². The molecule has 1 aliphatic carbocycles. The summed E-state index contributed by atoms with van der Waals surface area (Å²) in [6.45, 7) is 5.49. The van der Waals surface area contributed by atoms with E-state index in [1.807, 2.05) is 4.90 Å². The van der Waals surface area contributed by atoms with E-state index in [1.165, 1.54) is 40.5 Å². The van der Waals surface area contributed by atoms with Crippen LogP contribution in [0.25, 0.3) is 0 Å². The minimum atomic E-state index is -0.495. The predicted molar refractivity (Wildman–Crippen MR) is 123 cm³/mol. The first kappa shape index (κ1) is 22.9. The van der Waals surface area contributed by atoms with Gasteiger partial charge in [0.25, 0.3) is 17.5 Å². The Morgan fingerprint density at radius 2 is 1.71 bits per heavy atom. The van der Waals surface area contributed by atoms with E-state index in [1.54, 1.807) is 0 Å². The number of rotatable bonds is 8. The summed E-state index contributed by atoms with van der Waals surface area (Å²) < 4.78 is 0. The second kappa shape index (κ2) is 10.5. The molecule has 1 aromatic carbocycles. The van der Waals surface area contributed by atoms with E-state index in [2.05, 4.69) is 19.2 Å². The zero-order chi connectivity index (χ0) is 22.4. The molecule has 3 rings (SSSR count). The normalized spacial score (nSPS) is 13.2. The minimum Gasteiger partial charge on any atom is -0.339 e. The van der Waals surface area contributed by atoms with Gasteiger partial charge in [-0.2, -0.15) is 0 Å². The first-order valence-electron chi connectivity index (χ1n) is 11.0. The van der Waals surface area contributed by atoms with Crippen LogP contribution < -0.4 is 5.32 Å². The molecular formula is C23H29N3O4S. The lowest BCUT2D eigenvalue weighted by Crippen LogP contribution is -2.33. The highest BCUT2D eigenvalue weighted by atomic mass is 32.1. The van der Waals surface area contributed by atoms with Crippen LogP contribution in [-0.4, -0.2) is 34.7 Å². The van der Waals surface area contributed by atoms with Gasteiger partial charge in [0.15, 0.2) is 0 Å². The third-order valence-electron chi connectivity index (χ3n) is 5.48. The van der Waals surface area contributed by atoms with Crippen molar-refractivity contribution in [3.8, 4) is 0 Å². The molecule has 1 aliphatic rings. The molecule has 0 unspecified atom stereocenters. The Morgan fingerprint density at radius 1 is 1.06 bits per heavy atom. The monoisotopic (exact) mass is 443 g/mol. The van der Waals surface area contributed by atoms with Crippen molar-refractivity contribution < 1.29 is 14.5 Å². The number of nitro benzene ring substituents is 1. The Labute approximate surface area is 186 Å². The molecule has 2 amide bonds. The summed E-state index contributed by atoms with van der Waals surface area (Å²) in [6.07, 6.45) is 6.81. The number of amides is 2. The van der Waals surface area contributed by atoms with Crippen LogP contribution in [0.15, 0.2) is 24.3 Å². The molecular weight excluding hydrogens is 414 g/mol. The second-order valence-corrected chi connectivity index (χ2v) is 8.92. The van der Waals surface area contributed by atoms with Crippen molar-refractivity contribution in [2.75, 3.05) is 18.4 Å². The maximum absolute atomic E-state index is 13.5. The second-order valence-electron chi connectivity index (χ2n) is 7.82. The van der Waals surface area contributed by atoms with Crippen molar-refractivity contribution in [1.29, 1.82) is 0 Å². The Balaban J connectivity index is 1.94. The summed E-state index contributed by atoms with van der Waals surface area (Å²) in [5.41, 5.74) is 1.99. The number of aryl methyl sites for hydroxylation is 1.